The van der Waals surface area contributed by atoms with Crippen molar-refractivity contribution in [2.45, 2.75) is 32.6 Å². The molecule has 0 aromatic heterocycles. The maximum atomic E-state index is 8.80. The van der Waals surface area contributed by atoms with Crippen molar-refractivity contribution < 1.29 is 5.11 Å². The standard InChI is InChI=1S/C10H22ClNO/c1-2-7-12(9-10-13)8-5-3-4-6-11/h13H,2-10H2,1H3. The minimum Gasteiger partial charge on any atom is -0.395 e. The predicted octanol–water partition coefficient (Wildman–Crippen LogP) is 2.10. The minimum absolute atomic E-state index is 0.273. The van der Waals surface area contributed by atoms with E-state index in [9.17, 15) is 0 Å². The lowest BCUT2D eigenvalue weighted by Gasteiger charge is -2.19. The third-order valence-electron chi connectivity index (χ3n) is 2.06. The highest BCUT2D eigenvalue weighted by Crippen LogP contribution is 2.00. The fraction of sp³-hybridized carbons (Fsp3) is 1.00. The van der Waals surface area contributed by atoms with Crippen LogP contribution in [0.3, 0.4) is 0 Å². The second kappa shape index (κ2) is 10.3. The van der Waals surface area contributed by atoms with E-state index in [0.29, 0.717) is 0 Å². The first-order chi connectivity index (χ1) is 6.35. The number of hydrogen-bond donors (Lipinski definition) is 1. The largest absolute Gasteiger partial charge is 0.395 e. The SMILES string of the molecule is CCCN(CCO)CCCCCCl. The van der Waals surface area contributed by atoms with Crippen LogP contribution < -0.4 is 0 Å². The first-order valence-electron chi connectivity index (χ1n) is 5.24. The summed E-state index contributed by atoms with van der Waals surface area (Å²) in [5.41, 5.74) is 0. The molecular formula is C10H22ClNO. The number of unbranched alkanes of at least 4 members (excludes halogenated alkanes) is 2. The van der Waals surface area contributed by atoms with Crippen LogP contribution in [0.1, 0.15) is 32.6 Å². The van der Waals surface area contributed by atoms with Crippen LogP contribution in [0, 0.1) is 0 Å². The maximum absolute atomic E-state index is 8.80. The van der Waals surface area contributed by atoms with Crippen molar-refractivity contribution >= 4 is 11.6 Å². The summed E-state index contributed by atoms with van der Waals surface area (Å²) in [6.45, 7) is 5.46. The van der Waals surface area contributed by atoms with Gasteiger partial charge in [-0.1, -0.05) is 13.3 Å². The van der Waals surface area contributed by atoms with Crippen LogP contribution in [0.5, 0.6) is 0 Å². The molecule has 0 heterocycles. The molecule has 0 aromatic rings. The van der Waals surface area contributed by atoms with Crippen molar-refractivity contribution in [3.05, 3.63) is 0 Å². The molecule has 0 spiro atoms. The van der Waals surface area contributed by atoms with Gasteiger partial charge in [-0.05, 0) is 32.4 Å². The molecule has 1 N–H and O–H groups in total. The molecule has 0 rings (SSSR count). The number of alkyl halides is 1. The lowest BCUT2D eigenvalue weighted by molar-refractivity contribution is 0.193. The molecule has 3 heteroatoms. The Kier molecular flexibility index (Phi) is 10.5. The fourth-order valence-corrected chi connectivity index (χ4v) is 1.59. The summed E-state index contributed by atoms with van der Waals surface area (Å²) in [6.07, 6.45) is 4.68. The number of aliphatic hydroxyl groups is 1. The fourth-order valence-electron chi connectivity index (χ4n) is 1.40. The van der Waals surface area contributed by atoms with E-state index in [-0.39, 0.29) is 6.61 Å². The molecule has 0 unspecified atom stereocenters. The van der Waals surface area contributed by atoms with Gasteiger partial charge >= 0.3 is 0 Å². The molecule has 0 aliphatic heterocycles. The summed E-state index contributed by atoms with van der Waals surface area (Å²) in [7, 11) is 0. The van der Waals surface area contributed by atoms with Gasteiger partial charge in [0.1, 0.15) is 0 Å². The van der Waals surface area contributed by atoms with Crippen LogP contribution in [0.15, 0.2) is 0 Å². The Morgan fingerprint density at radius 3 is 2.38 bits per heavy atom. The Morgan fingerprint density at radius 1 is 1.08 bits per heavy atom. The van der Waals surface area contributed by atoms with E-state index >= 15 is 0 Å². The molecule has 0 aliphatic carbocycles. The molecule has 0 atom stereocenters. The van der Waals surface area contributed by atoms with Crippen LogP contribution in [-0.4, -0.2) is 42.1 Å². The number of rotatable bonds is 9. The highest BCUT2D eigenvalue weighted by Gasteiger charge is 2.01. The van der Waals surface area contributed by atoms with E-state index in [1.54, 1.807) is 0 Å². The number of hydrogen-bond acceptors (Lipinski definition) is 2. The first kappa shape index (κ1) is 13.2. The van der Waals surface area contributed by atoms with Crippen molar-refractivity contribution in [3.63, 3.8) is 0 Å². The summed E-state index contributed by atoms with van der Waals surface area (Å²) in [6, 6.07) is 0. The zero-order valence-electron chi connectivity index (χ0n) is 8.64. The van der Waals surface area contributed by atoms with Gasteiger partial charge in [-0.15, -0.1) is 11.6 Å². The summed E-state index contributed by atoms with van der Waals surface area (Å²) in [5, 5.41) is 8.80. The molecule has 0 saturated carbocycles. The monoisotopic (exact) mass is 207 g/mol. The Labute approximate surface area is 86.9 Å². The van der Waals surface area contributed by atoms with E-state index in [0.717, 1.165) is 38.4 Å². The van der Waals surface area contributed by atoms with Crippen LogP contribution in [0.4, 0.5) is 0 Å². The highest BCUT2D eigenvalue weighted by molar-refractivity contribution is 6.17. The van der Waals surface area contributed by atoms with Crippen molar-refractivity contribution in [2.75, 3.05) is 32.1 Å². The second-order valence-corrected chi connectivity index (χ2v) is 3.69. The van der Waals surface area contributed by atoms with Crippen molar-refractivity contribution in [1.82, 2.24) is 4.90 Å². The topological polar surface area (TPSA) is 23.5 Å². The summed E-state index contributed by atoms with van der Waals surface area (Å²) in [5.74, 6) is 0.772. The van der Waals surface area contributed by atoms with Gasteiger partial charge in [-0.25, -0.2) is 0 Å². The highest BCUT2D eigenvalue weighted by atomic mass is 35.5. The molecule has 0 fully saturated rings. The van der Waals surface area contributed by atoms with Gasteiger partial charge < -0.3 is 10.0 Å². The average Bonchev–Trinajstić information content (AvgIpc) is 2.13. The number of nitrogens with zero attached hydrogens (tertiary/aromatic N) is 1. The Hall–Kier alpha value is 0.210. The molecule has 2 nitrogen and oxygen atoms in total. The van der Waals surface area contributed by atoms with Gasteiger partial charge in [0.25, 0.3) is 0 Å². The Morgan fingerprint density at radius 2 is 1.85 bits per heavy atom. The number of halogens is 1. The van der Waals surface area contributed by atoms with E-state index in [4.69, 9.17) is 16.7 Å². The second-order valence-electron chi connectivity index (χ2n) is 3.31. The molecule has 0 radical (unpaired) electrons. The van der Waals surface area contributed by atoms with Crippen LogP contribution in [0.25, 0.3) is 0 Å². The van der Waals surface area contributed by atoms with E-state index in [1.807, 2.05) is 0 Å². The third-order valence-corrected chi connectivity index (χ3v) is 2.33. The molecule has 0 amide bonds. The Balaban J connectivity index is 3.33. The van der Waals surface area contributed by atoms with E-state index in [2.05, 4.69) is 11.8 Å². The molecule has 0 aliphatic rings. The van der Waals surface area contributed by atoms with Gasteiger partial charge in [0.15, 0.2) is 0 Å². The van der Waals surface area contributed by atoms with Gasteiger partial charge in [0.05, 0.1) is 6.61 Å². The average molecular weight is 208 g/mol. The van der Waals surface area contributed by atoms with Gasteiger partial charge in [0, 0.05) is 12.4 Å². The molecule has 80 valence electrons. The zero-order chi connectivity index (χ0) is 9.94. The minimum atomic E-state index is 0.273. The van der Waals surface area contributed by atoms with E-state index < -0.39 is 0 Å². The molecular weight excluding hydrogens is 186 g/mol. The van der Waals surface area contributed by atoms with Crippen molar-refractivity contribution in [3.8, 4) is 0 Å². The summed E-state index contributed by atoms with van der Waals surface area (Å²) >= 11 is 5.59. The molecule has 0 saturated heterocycles. The predicted molar refractivity (Wildman–Crippen MR) is 58.4 cm³/mol. The Bertz CT molecular complexity index is 94.9. The van der Waals surface area contributed by atoms with Gasteiger partial charge in [-0.2, -0.15) is 0 Å². The van der Waals surface area contributed by atoms with E-state index in [1.165, 1.54) is 12.8 Å². The third kappa shape index (κ3) is 8.54. The maximum Gasteiger partial charge on any atom is 0.0558 e. The van der Waals surface area contributed by atoms with Crippen LogP contribution in [-0.2, 0) is 0 Å². The molecule has 0 bridgehead atoms. The zero-order valence-corrected chi connectivity index (χ0v) is 9.39. The van der Waals surface area contributed by atoms with Gasteiger partial charge in [-0.3, -0.25) is 0 Å². The van der Waals surface area contributed by atoms with Gasteiger partial charge in [0.2, 0.25) is 0 Å². The molecule has 0 aromatic carbocycles. The smallest absolute Gasteiger partial charge is 0.0558 e. The van der Waals surface area contributed by atoms with Crippen molar-refractivity contribution in [1.29, 1.82) is 0 Å². The normalized spacial score (nSPS) is 11.1. The van der Waals surface area contributed by atoms with Crippen LogP contribution >= 0.6 is 11.6 Å². The lowest BCUT2D eigenvalue weighted by atomic mass is 10.2. The summed E-state index contributed by atoms with van der Waals surface area (Å²) in [4.78, 5) is 2.31. The van der Waals surface area contributed by atoms with Crippen LogP contribution in [0.2, 0.25) is 0 Å². The quantitative estimate of drug-likeness (QED) is 0.463. The first-order valence-corrected chi connectivity index (χ1v) is 5.77. The van der Waals surface area contributed by atoms with Crippen molar-refractivity contribution in [2.24, 2.45) is 0 Å². The molecule has 13 heavy (non-hydrogen) atoms. The number of aliphatic hydroxyl groups excluding tert-OH is 1. The summed E-state index contributed by atoms with van der Waals surface area (Å²) < 4.78 is 0. The lowest BCUT2D eigenvalue weighted by Crippen LogP contribution is -2.28.